The number of carbonyl (C=O) groups is 1. The average Bonchev–Trinajstić information content (AvgIpc) is 2.39. The van der Waals surface area contributed by atoms with Gasteiger partial charge in [-0.15, -0.1) is 5.06 Å². The third-order valence-electron chi connectivity index (χ3n) is 1.28. The predicted molar refractivity (Wildman–Crippen MR) is 38.4 cm³/mol. The number of nitrogens with zero attached hydrogens (tertiary/aromatic N) is 1. The van der Waals surface area contributed by atoms with E-state index < -0.39 is 5.97 Å². The summed E-state index contributed by atoms with van der Waals surface area (Å²) >= 11 is 0. The molecular formula is C7H11NO3. The van der Waals surface area contributed by atoms with Gasteiger partial charge in [0.2, 0.25) is 0 Å². The number of hydrogen-bond donors (Lipinski definition) is 0. The van der Waals surface area contributed by atoms with E-state index in [0.29, 0.717) is 25.5 Å². The topological polar surface area (TPSA) is 38.8 Å². The van der Waals surface area contributed by atoms with Crippen molar-refractivity contribution in [1.82, 2.24) is 5.06 Å². The Labute approximate surface area is 65.3 Å². The highest BCUT2D eigenvalue weighted by molar-refractivity contribution is 5.86. The quantitative estimate of drug-likeness (QED) is 0.541. The average molecular weight is 157 g/mol. The molecule has 1 heterocycles. The van der Waals surface area contributed by atoms with Crippen LogP contribution in [0.15, 0.2) is 12.2 Å². The van der Waals surface area contributed by atoms with Crippen LogP contribution in [0.25, 0.3) is 0 Å². The third-order valence-corrected chi connectivity index (χ3v) is 1.28. The van der Waals surface area contributed by atoms with E-state index in [2.05, 4.69) is 6.58 Å². The van der Waals surface area contributed by atoms with Gasteiger partial charge < -0.3 is 9.57 Å². The molecule has 1 fully saturated rings. The van der Waals surface area contributed by atoms with Crippen molar-refractivity contribution < 1.29 is 14.4 Å². The van der Waals surface area contributed by atoms with Crippen LogP contribution in [0.4, 0.5) is 0 Å². The number of rotatable bonds is 2. The first-order chi connectivity index (χ1) is 5.20. The first-order valence-electron chi connectivity index (χ1n) is 3.40. The lowest BCUT2D eigenvalue weighted by molar-refractivity contribution is -0.186. The van der Waals surface area contributed by atoms with Crippen molar-refractivity contribution in [3.63, 3.8) is 0 Å². The summed E-state index contributed by atoms with van der Waals surface area (Å²) < 4.78 is 4.96. The standard InChI is InChI=1S/C7H11NO3/c1-6(2)7(9)11-8-3-4-10-5-8/h1,3-5H2,2H3. The molecule has 0 atom stereocenters. The molecule has 0 N–H and O–H groups in total. The summed E-state index contributed by atoms with van der Waals surface area (Å²) in [5.41, 5.74) is 0.400. The molecule has 0 bridgehead atoms. The highest BCUT2D eigenvalue weighted by Gasteiger charge is 2.16. The first kappa shape index (κ1) is 8.23. The van der Waals surface area contributed by atoms with Crippen molar-refractivity contribution in [1.29, 1.82) is 0 Å². The molecule has 0 aromatic rings. The Balaban J connectivity index is 2.29. The van der Waals surface area contributed by atoms with Crippen LogP contribution in [0.5, 0.6) is 0 Å². The molecule has 0 aromatic carbocycles. The monoisotopic (exact) mass is 157 g/mol. The largest absolute Gasteiger partial charge is 0.362 e. The second-order valence-electron chi connectivity index (χ2n) is 2.40. The zero-order valence-electron chi connectivity index (χ0n) is 6.50. The molecule has 0 aliphatic carbocycles. The molecule has 62 valence electrons. The van der Waals surface area contributed by atoms with E-state index in [-0.39, 0.29) is 0 Å². The summed E-state index contributed by atoms with van der Waals surface area (Å²) in [5, 5.41) is 1.47. The molecule has 0 spiro atoms. The van der Waals surface area contributed by atoms with Crippen LogP contribution in [0.3, 0.4) is 0 Å². The van der Waals surface area contributed by atoms with E-state index in [1.807, 2.05) is 0 Å². The Morgan fingerprint density at radius 3 is 2.91 bits per heavy atom. The van der Waals surface area contributed by atoms with E-state index in [1.54, 1.807) is 6.92 Å². The summed E-state index contributed by atoms with van der Waals surface area (Å²) in [5.74, 6) is -0.393. The lowest BCUT2D eigenvalue weighted by Gasteiger charge is -2.11. The Kier molecular flexibility index (Phi) is 2.62. The van der Waals surface area contributed by atoms with Crippen LogP contribution in [-0.2, 0) is 14.4 Å². The van der Waals surface area contributed by atoms with Gasteiger partial charge in [-0.2, -0.15) is 0 Å². The highest BCUT2D eigenvalue weighted by atomic mass is 16.7. The molecule has 0 radical (unpaired) electrons. The molecule has 1 aliphatic heterocycles. The van der Waals surface area contributed by atoms with Gasteiger partial charge in [-0.05, 0) is 6.92 Å². The van der Waals surface area contributed by atoms with Gasteiger partial charge in [-0.25, -0.2) is 4.79 Å². The minimum absolute atomic E-state index is 0.360. The van der Waals surface area contributed by atoms with Crippen LogP contribution in [0.1, 0.15) is 6.92 Å². The fraction of sp³-hybridized carbons (Fsp3) is 0.571. The summed E-state index contributed by atoms with van der Waals surface area (Å²) in [7, 11) is 0. The van der Waals surface area contributed by atoms with Crippen LogP contribution in [-0.4, -0.2) is 30.9 Å². The maximum atomic E-state index is 10.9. The Morgan fingerprint density at radius 1 is 1.73 bits per heavy atom. The molecule has 0 unspecified atom stereocenters. The normalized spacial score (nSPS) is 18.3. The van der Waals surface area contributed by atoms with E-state index >= 15 is 0 Å². The molecule has 0 saturated carbocycles. The molecule has 1 rings (SSSR count). The smallest absolute Gasteiger partial charge is 0.352 e. The molecule has 1 saturated heterocycles. The van der Waals surface area contributed by atoms with Crippen molar-refractivity contribution in [2.24, 2.45) is 0 Å². The van der Waals surface area contributed by atoms with Gasteiger partial charge in [0, 0.05) is 5.57 Å². The van der Waals surface area contributed by atoms with E-state index in [0.717, 1.165) is 0 Å². The van der Waals surface area contributed by atoms with Gasteiger partial charge in [0.05, 0.1) is 13.2 Å². The Hall–Kier alpha value is -0.870. The van der Waals surface area contributed by atoms with Crippen LogP contribution >= 0.6 is 0 Å². The summed E-state index contributed by atoms with van der Waals surface area (Å²) in [4.78, 5) is 15.7. The minimum atomic E-state index is -0.393. The third kappa shape index (κ3) is 2.32. The molecule has 0 amide bonds. The summed E-state index contributed by atoms with van der Waals surface area (Å²) in [6.45, 7) is 6.68. The van der Waals surface area contributed by atoms with Gasteiger partial charge in [-0.1, -0.05) is 6.58 Å². The zero-order chi connectivity index (χ0) is 8.27. The number of ether oxygens (including phenoxy) is 1. The molecule has 1 aliphatic rings. The lowest BCUT2D eigenvalue weighted by atomic mass is 10.4. The molecule has 4 heteroatoms. The second kappa shape index (κ2) is 3.50. The summed E-state index contributed by atoms with van der Waals surface area (Å²) in [6, 6.07) is 0. The van der Waals surface area contributed by atoms with Crippen molar-refractivity contribution >= 4 is 5.97 Å². The molecular weight excluding hydrogens is 146 g/mol. The van der Waals surface area contributed by atoms with Crippen LogP contribution < -0.4 is 0 Å². The maximum Gasteiger partial charge on any atom is 0.352 e. The van der Waals surface area contributed by atoms with E-state index in [9.17, 15) is 4.79 Å². The zero-order valence-corrected chi connectivity index (χ0v) is 6.50. The summed E-state index contributed by atoms with van der Waals surface area (Å²) in [6.07, 6.45) is 0. The number of hydroxylamine groups is 2. The first-order valence-corrected chi connectivity index (χ1v) is 3.40. The van der Waals surface area contributed by atoms with E-state index in [1.165, 1.54) is 5.06 Å². The highest BCUT2D eigenvalue weighted by Crippen LogP contribution is 2.02. The number of carbonyl (C=O) groups excluding carboxylic acids is 1. The van der Waals surface area contributed by atoms with E-state index in [4.69, 9.17) is 9.57 Å². The van der Waals surface area contributed by atoms with Crippen molar-refractivity contribution in [3.8, 4) is 0 Å². The Bertz CT molecular complexity index is 173. The Morgan fingerprint density at radius 2 is 2.45 bits per heavy atom. The molecule has 4 nitrogen and oxygen atoms in total. The van der Waals surface area contributed by atoms with Crippen molar-refractivity contribution in [2.45, 2.75) is 6.92 Å². The SMILES string of the molecule is C=C(C)C(=O)ON1CCOC1. The van der Waals surface area contributed by atoms with Crippen LogP contribution in [0, 0.1) is 0 Å². The maximum absolute atomic E-state index is 10.9. The molecule has 0 aromatic heterocycles. The van der Waals surface area contributed by atoms with Crippen molar-refractivity contribution in [2.75, 3.05) is 19.9 Å². The predicted octanol–water partition coefficient (Wildman–Crippen LogP) is 0.310. The van der Waals surface area contributed by atoms with Gasteiger partial charge in [0.25, 0.3) is 0 Å². The van der Waals surface area contributed by atoms with Gasteiger partial charge in [0.15, 0.2) is 0 Å². The van der Waals surface area contributed by atoms with Gasteiger partial charge in [-0.3, -0.25) is 0 Å². The fourth-order valence-electron chi connectivity index (χ4n) is 0.664. The van der Waals surface area contributed by atoms with Crippen molar-refractivity contribution in [3.05, 3.63) is 12.2 Å². The lowest BCUT2D eigenvalue weighted by Crippen LogP contribution is -2.24. The number of hydrogen-bond acceptors (Lipinski definition) is 4. The van der Waals surface area contributed by atoms with Gasteiger partial charge in [0.1, 0.15) is 6.73 Å². The van der Waals surface area contributed by atoms with Crippen LogP contribution in [0.2, 0.25) is 0 Å². The van der Waals surface area contributed by atoms with Gasteiger partial charge >= 0.3 is 5.97 Å². The minimum Gasteiger partial charge on any atom is -0.362 e. The fourth-order valence-corrected chi connectivity index (χ4v) is 0.664. The molecule has 11 heavy (non-hydrogen) atoms. The second-order valence-corrected chi connectivity index (χ2v) is 2.40.